The van der Waals surface area contributed by atoms with E-state index in [1.807, 2.05) is 0 Å². The second-order valence-corrected chi connectivity index (χ2v) is 9.58. The Kier molecular flexibility index (Phi) is 8.31. The van der Waals surface area contributed by atoms with E-state index in [4.69, 9.17) is 27.9 Å². The quantitative estimate of drug-likeness (QED) is 0.440. The summed E-state index contributed by atoms with van der Waals surface area (Å²) in [6, 6.07) is 15.2. The van der Waals surface area contributed by atoms with Gasteiger partial charge in [-0.1, -0.05) is 53.5 Å². The largest absolute Gasteiger partial charge is 0.496 e. The molecule has 33 heavy (non-hydrogen) atoms. The minimum Gasteiger partial charge on any atom is -0.496 e. The van der Waals surface area contributed by atoms with Gasteiger partial charge in [-0.15, -0.1) is 0 Å². The zero-order valence-corrected chi connectivity index (χ0v) is 19.9. The van der Waals surface area contributed by atoms with Gasteiger partial charge in [0, 0.05) is 18.7 Å². The Hall–Kier alpha value is -2.65. The lowest BCUT2D eigenvalue weighted by molar-refractivity contribution is 0.0954. The maximum absolute atomic E-state index is 13.0. The van der Waals surface area contributed by atoms with E-state index in [1.165, 1.54) is 25.3 Å². The zero-order chi connectivity index (χ0) is 24.0. The van der Waals surface area contributed by atoms with Crippen molar-refractivity contribution in [2.45, 2.75) is 17.9 Å². The number of hydrogen-bond acceptors (Lipinski definition) is 4. The molecule has 0 aliphatic heterocycles. The lowest BCUT2D eigenvalue weighted by Crippen LogP contribution is -2.27. The lowest BCUT2D eigenvalue weighted by Gasteiger charge is -2.13. The number of ether oxygens (including phenoxy) is 1. The number of amides is 1. The molecule has 10 heteroatoms. The second-order valence-electron chi connectivity index (χ2n) is 7.03. The molecule has 2 N–H and O–H groups in total. The predicted molar refractivity (Wildman–Crippen MR) is 126 cm³/mol. The molecule has 0 unspecified atom stereocenters. The van der Waals surface area contributed by atoms with Gasteiger partial charge in [0.15, 0.2) is 0 Å². The average Bonchev–Trinajstić information content (AvgIpc) is 2.79. The number of carbonyl (C=O) groups is 1. The van der Waals surface area contributed by atoms with Crippen molar-refractivity contribution in [2.24, 2.45) is 0 Å². The minimum absolute atomic E-state index is 0.0166. The van der Waals surface area contributed by atoms with Crippen LogP contribution in [0.4, 0.5) is 4.39 Å². The molecule has 0 fully saturated rings. The number of rotatable bonds is 9. The summed E-state index contributed by atoms with van der Waals surface area (Å²) in [7, 11) is -2.58. The molecular formula is C23H21Cl2FN2O4S. The van der Waals surface area contributed by atoms with Crippen LogP contribution >= 0.6 is 23.2 Å². The van der Waals surface area contributed by atoms with Crippen molar-refractivity contribution in [2.75, 3.05) is 13.7 Å². The summed E-state index contributed by atoms with van der Waals surface area (Å²) in [4.78, 5) is 12.4. The molecule has 1 amide bonds. The Balaban J connectivity index is 1.73. The number of halogens is 3. The van der Waals surface area contributed by atoms with Gasteiger partial charge in [0.2, 0.25) is 10.0 Å². The van der Waals surface area contributed by atoms with Crippen LogP contribution in [0.5, 0.6) is 5.75 Å². The first-order valence-corrected chi connectivity index (χ1v) is 12.1. The van der Waals surface area contributed by atoms with Crippen molar-refractivity contribution < 1.29 is 22.3 Å². The van der Waals surface area contributed by atoms with E-state index in [-0.39, 0.29) is 39.4 Å². The molecule has 174 valence electrons. The molecule has 3 aromatic carbocycles. The molecule has 0 saturated carbocycles. The molecule has 3 aromatic rings. The molecule has 0 aromatic heterocycles. The SMILES string of the molecule is COc1ccccc1CNS(=O)(=O)c1cc(C(=O)NCCc2ccc(F)cc2)c(Cl)cc1Cl. The number of para-hydroxylation sites is 1. The molecule has 0 bridgehead atoms. The Morgan fingerprint density at radius 3 is 2.42 bits per heavy atom. The third-order valence-corrected chi connectivity index (χ3v) is 6.99. The molecule has 0 radical (unpaired) electrons. The highest BCUT2D eigenvalue weighted by Crippen LogP contribution is 2.29. The number of nitrogens with one attached hydrogen (secondary N) is 2. The Bertz CT molecular complexity index is 1250. The summed E-state index contributed by atoms with van der Waals surface area (Å²) in [5, 5.41) is 2.58. The first kappa shape index (κ1) is 25.0. The van der Waals surface area contributed by atoms with Crippen LogP contribution in [0.15, 0.2) is 65.6 Å². The van der Waals surface area contributed by atoms with E-state index in [0.717, 1.165) is 11.6 Å². The standard InChI is InChI=1S/C23H21Cl2FN2O4S/c1-32-21-5-3-2-4-16(21)14-28-33(30,31)22-12-18(19(24)13-20(22)25)23(29)27-11-10-15-6-8-17(26)9-7-15/h2-9,12-13,28H,10-11,14H2,1H3,(H,27,29). The van der Waals surface area contributed by atoms with Gasteiger partial charge in [-0.2, -0.15) is 0 Å². The Labute approximate surface area is 201 Å². The summed E-state index contributed by atoms with van der Waals surface area (Å²) in [6.45, 7) is 0.210. The van der Waals surface area contributed by atoms with Crippen molar-refractivity contribution in [1.82, 2.24) is 10.0 Å². The highest BCUT2D eigenvalue weighted by Gasteiger charge is 2.23. The smallest absolute Gasteiger partial charge is 0.252 e. The maximum atomic E-state index is 13.0. The first-order chi connectivity index (χ1) is 15.7. The van der Waals surface area contributed by atoms with Crippen LogP contribution in [0.3, 0.4) is 0 Å². The van der Waals surface area contributed by atoms with Crippen LogP contribution in [0, 0.1) is 5.82 Å². The summed E-state index contributed by atoms with van der Waals surface area (Å²) in [5.74, 6) is -0.368. The average molecular weight is 511 g/mol. The van der Waals surface area contributed by atoms with Gasteiger partial charge in [-0.05, 0) is 42.3 Å². The van der Waals surface area contributed by atoms with Gasteiger partial charge in [-0.25, -0.2) is 17.5 Å². The number of carbonyl (C=O) groups excluding carboxylic acids is 1. The normalized spacial score (nSPS) is 11.3. The van der Waals surface area contributed by atoms with Crippen LogP contribution in [0.1, 0.15) is 21.5 Å². The highest BCUT2D eigenvalue weighted by atomic mass is 35.5. The molecule has 0 spiro atoms. The predicted octanol–water partition coefficient (Wildman–Crippen LogP) is 4.59. The molecule has 0 atom stereocenters. The summed E-state index contributed by atoms with van der Waals surface area (Å²) in [6.07, 6.45) is 0.461. The number of sulfonamides is 1. The topological polar surface area (TPSA) is 84.5 Å². The zero-order valence-electron chi connectivity index (χ0n) is 17.6. The van der Waals surface area contributed by atoms with Crippen molar-refractivity contribution in [3.63, 3.8) is 0 Å². The number of methoxy groups -OCH3 is 1. The lowest BCUT2D eigenvalue weighted by atomic mass is 10.1. The van der Waals surface area contributed by atoms with Crippen molar-refractivity contribution in [3.05, 3.63) is 93.2 Å². The van der Waals surface area contributed by atoms with Gasteiger partial charge in [0.25, 0.3) is 5.91 Å². The summed E-state index contributed by atoms with van der Waals surface area (Å²) < 4.78 is 46.5. The number of benzene rings is 3. The van der Waals surface area contributed by atoms with Crippen molar-refractivity contribution in [1.29, 1.82) is 0 Å². The van der Waals surface area contributed by atoms with Gasteiger partial charge < -0.3 is 10.1 Å². The van der Waals surface area contributed by atoms with Crippen molar-refractivity contribution in [3.8, 4) is 5.75 Å². The fourth-order valence-electron chi connectivity index (χ4n) is 3.08. The van der Waals surface area contributed by atoms with Crippen LogP contribution in [-0.2, 0) is 23.0 Å². The monoisotopic (exact) mass is 510 g/mol. The highest BCUT2D eigenvalue weighted by molar-refractivity contribution is 7.89. The van der Waals surface area contributed by atoms with Gasteiger partial charge in [0.1, 0.15) is 16.5 Å². The van der Waals surface area contributed by atoms with E-state index < -0.39 is 15.9 Å². The molecule has 0 heterocycles. The number of hydrogen-bond donors (Lipinski definition) is 2. The van der Waals surface area contributed by atoms with E-state index in [2.05, 4.69) is 10.0 Å². The Morgan fingerprint density at radius 1 is 1.03 bits per heavy atom. The summed E-state index contributed by atoms with van der Waals surface area (Å²) >= 11 is 12.3. The van der Waals surface area contributed by atoms with Crippen LogP contribution in [-0.4, -0.2) is 28.0 Å². The van der Waals surface area contributed by atoms with Crippen molar-refractivity contribution >= 4 is 39.1 Å². The molecule has 3 rings (SSSR count). The van der Waals surface area contributed by atoms with Crippen LogP contribution in [0.25, 0.3) is 0 Å². The van der Waals surface area contributed by atoms with Crippen LogP contribution < -0.4 is 14.8 Å². The molecule has 0 aliphatic rings. The van der Waals surface area contributed by atoms with Gasteiger partial charge in [0.05, 0.1) is 22.7 Å². The second kappa shape index (κ2) is 11.0. The third-order valence-electron chi connectivity index (χ3n) is 4.81. The molecular weight excluding hydrogens is 490 g/mol. The van der Waals surface area contributed by atoms with E-state index in [1.54, 1.807) is 36.4 Å². The van der Waals surface area contributed by atoms with Gasteiger partial charge >= 0.3 is 0 Å². The van der Waals surface area contributed by atoms with E-state index >= 15 is 0 Å². The first-order valence-electron chi connectivity index (χ1n) is 9.84. The fourth-order valence-corrected chi connectivity index (χ4v) is 4.94. The van der Waals surface area contributed by atoms with E-state index in [0.29, 0.717) is 17.7 Å². The van der Waals surface area contributed by atoms with Crippen LogP contribution in [0.2, 0.25) is 10.0 Å². The molecule has 6 nitrogen and oxygen atoms in total. The summed E-state index contributed by atoms with van der Waals surface area (Å²) in [5.41, 5.74) is 1.44. The van der Waals surface area contributed by atoms with Gasteiger partial charge in [-0.3, -0.25) is 4.79 Å². The third kappa shape index (κ3) is 6.45. The Morgan fingerprint density at radius 2 is 1.73 bits per heavy atom. The molecule has 0 saturated heterocycles. The minimum atomic E-state index is -4.07. The molecule has 0 aliphatic carbocycles. The van der Waals surface area contributed by atoms with E-state index in [9.17, 15) is 17.6 Å². The fraction of sp³-hybridized carbons (Fsp3) is 0.174. The maximum Gasteiger partial charge on any atom is 0.252 e.